The average molecular weight is 396 g/mol. The third kappa shape index (κ3) is 4.00. The lowest BCUT2D eigenvalue weighted by Gasteiger charge is -2.22. The minimum Gasteiger partial charge on any atom is -0.308 e. The predicted octanol–water partition coefficient (Wildman–Crippen LogP) is 4.44. The van der Waals surface area contributed by atoms with Crippen molar-refractivity contribution in [2.45, 2.75) is 0 Å². The molecule has 2 aromatic carbocycles. The van der Waals surface area contributed by atoms with Gasteiger partial charge in [0.15, 0.2) is 5.13 Å². The SMILES string of the molecule is CN(C)CCN(C(=O)c1ccc(F)cc1F)c1nc2ccc(Cl)cc2s1. The Bertz CT molecular complexity index is 961. The van der Waals surface area contributed by atoms with Crippen LogP contribution in [0.1, 0.15) is 10.4 Å². The van der Waals surface area contributed by atoms with Gasteiger partial charge in [0.1, 0.15) is 11.6 Å². The number of rotatable bonds is 5. The van der Waals surface area contributed by atoms with Crippen molar-refractivity contribution in [1.82, 2.24) is 9.88 Å². The number of halogens is 3. The number of likely N-dealkylation sites (N-methyl/N-ethyl adjacent to an activating group) is 1. The van der Waals surface area contributed by atoms with Crippen molar-refractivity contribution in [1.29, 1.82) is 0 Å². The molecular formula is C18H16ClF2N3OS. The van der Waals surface area contributed by atoms with Crippen molar-refractivity contribution in [3.05, 3.63) is 58.6 Å². The molecule has 26 heavy (non-hydrogen) atoms. The molecule has 0 saturated carbocycles. The number of fused-ring (bicyclic) bond motifs is 1. The van der Waals surface area contributed by atoms with E-state index in [9.17, 15) is 13.6 Å². The zero-order chi connectivity index (χ0) is 18.8. The van der Waals surface area contributed by atoms with Crippen LogP contribution < -0.4 is 4.90 Å². The average Bonchev–Trinajstić information content (AvgIpc) is 2.97. The Hall–Kier alpha value is -2.09. The van der Waals surface area contributed by atoms with Crippen LogP contribution in [0.4, 0.5) is 13.9 Å². The van der Waals surface area contributed by atoms with E-state index in [2.05, 4.69) is 4.98 Å². The molecule has 1 heterocycles. The van der Waals surface area contributed by atoms with Crippen molar-refractivity contribution in [3.8, 4) is 0 Å². The zero-order valence-electron chi connectivity index (χ0n) is 14.2. The molecule has 0 unspecified atom stereocenters. The highest BCUT2D eigenvalue weighted by Gasteiger charge is 2.24. The normalized spacial score (nSPS) is 11.3. The number of hydrogen-bond donors (Lipinski definition) is 0. The molecule has 4 nitrogen and oxygen atoms in total. The van der Waals surface area contributed by atoms with Crippen LogP contribution in [-0.2, 0) is 0 Å². The van der Waals surface area contributed by atoms with E-state index in [1.165, 1.54) is 16.2 Å². The van der Waals surface area contributed by atoms with Gasteiger partial charge in [-0.1, -0.05) is 22.9 Å². The van der Waals surface area contributed by atoms with Gasteiger partial charge in [-0.25, -0.2) is 13.8 Å². The summed E-state index contributed by atoms with van der Waals surface area (Å²) in [6, 6.07) is 8.18. The molecule has 0 fully saturated rings. The largest absolute Gasteiger partial charge is 0.308 e. The van der Waals surface area contributed by atoms with Crippen LogP contribution >= 0.6 is 22.9 Å². The number of hydrogen-bond acceptors (Lipinski definition) is 4. The molecule has 0 aliphatic carbocycles. The number of carbonyl (C=O) groups excluding carboxylic acids is 1. The Morgan fingerprint density at radius 3 is 2.62 bits per heavy atom. The van der Waals surface area contributed by atoms with Gasteiger partial charge in [-0.2, -0.15) is 0 Å². The standard InChI is InChI=1S/C18H16ClF2N3OS/c1-23(2)7-8-24(17(25)13-5-4-12(20)10-14(13)21)18-22-15-6-3-11(19)9-16(15)26-18/h3-6,9-10H,7-8H2,1-2H3. The van der Waals surface area contributed by atoms with Crippen LogP contribution in [0.2, 0.25) is 5.02 Å². The van der Waals surface area contributed by atoms with E-state index in [0.717, 1.165) is 16.8 Å². The monoisotopic (exact) mass is 395 g/mol. The molecule has 0 aliphatic rings. The second kappa shape index (κ2) is 7.65. The summed E-state index contributed by atoms with van der Waals surface area (Å²) < 4.78 is 28.1. The van der Waals surface area contributed by atoms with Crippen molar-refractivity contribution in [2.75, 3.05) is 32.1 Å². The Balaban J connectivity index is 2.01. The zero-order valence-corrected chi connectivity index (χ0v) is 15.7. The molecular weight excluding hydrogens is 380 g/mol. The van der Waals surface area contributed by atoms with Gasteiger partial charge in [-0.05, 0) is 44.4 Å². The Morgan fingerprint density at radius 1 is 1.15 bits per heavy atom. The van der Waals surface area contributed by atoms with E-state index >= 15 is 0 Å². The molecule has 136 valence electrons. The molecule has 0 aliphatic heterocycles. The molecule has 0 spiro atoms. The first-order chi connectivity index (χ1) is 12.3. The smallest absolute Gasteiger partial charge is 0.263 e. The van der Waals surface area contributed by atoms with Gasteiger partial charge in [0.05, 0.1) is 15.8 Å². The minimum atomic E-state index is -0.894. The van der Waals surface area contributed by atoms with Gasteiger partial charge in [0.25, 0.3) is 5.91 Å². The number of benzene rings is 2. The summed E-state index contributed by atoms with van der Waals surface area (Å²) in [7, 11) is 3.75. The number of carbonyl (C=O) groups is 1. The van der Waals surface area contributed by atoms with Crippen molar-refractivity contribution in [2.24, 2.45) is 0 Å². The molecule has 1 aromatic heterocycles. The van der Waals surface area contributed by atoms with Gasteiger partial charge in [-0.15, -0.1) is 0 Å². The van der Waals surface area contributed by atoms with Gasteiger partial charge in [0, 0.05) is 24.2 Å². The van der Waals surface area contributed by atoms with Gasteiger partial charge in [-0.3, -0.25) is 9.69 Å². The molecule has 0 saturated heterocycles. The van der Waals surface area contributed by atoms with Gasteiger partial charge in [0.2, 0.25) is 0 Å². The summed E-state index contributed by atoms with van der Waals surface area (Å²) in [5, 5.41) is 1.02. The molecule has 0 atom stereocenters. The Kier molecular flexibility index (Phi) is 5.50. The maximum Gasteiger partial charge on any atom is 0.263 e. The third-order valence-corrected chi connectivity index (χ3v) is 5.02. The molecule has 0 radical (unpaired) electrons. The highest BCUT2D eigenvalue weighted by molar-refractivity contribution is 7.22. The quantitative estimate of drug-likeness (QED) is 0.641. The maximum absolute atomic E-state index is 14.1. The summed E-state index contributed by atoms with van der Waals surface area (Å²) in [5.41, 5.74) is 0.513. The lowest BCUT2D eigenvalue weighted by atomic mass is 10.2. The fourth-order valence-corrected chi connectivity index (χ4v) is 3.66. The van der Waals surface area contributed by atoms with Crippen LogP contribution in [0, 0.1) is 11.6 Å². The highest BCUT2D eigenvalue weighted by Crippen LogP contribution is 2.31. The van der Waals surface area contributed by atoms with Crippen LogP contribution in [0.5, 0.6) is 0 Å². The van der Waals surface area contributed by atoms with E-state index < -0.39 is 17.5 Å². The number of anilines is 1. The molecule has 0 N–H and O–H groups in total. The number of nitrogens with zero attached hydrogens (tertiary/aromatic N) is 3. The minimum absolute atomic E-state index is 0.192. The van der Waals surface area contributed by atoms with Crippen molar-refractivity contribution in [3.63, 3.8) is 0 Å². The van der Waals surface area contributed by atoms with Crippen LogP contribution in [-0.4, -0.2) is 43.0 Å². The number of amides is 1. The van der Waals surface area contributed by atoms with Crippen LogP contribution in [0.15, 0.2) is 36.4 Å². The summed E-state index contributed by atoms with van der Waals surface area (Å²) >= 11 is 7.31. The Labute approximate surface area is 158 Å². The van der Waals surface area contributed by atoms with Crippen LogP contribution in [0.3, 0.4) is 0 Å². The maximum atomic E-state index is 14.1. The predicted molar refractivity (Wildman–Crippen MR) is 101 cm³/mol. The summed E-state index contributed by atoms with van der Waals surface area (Å²) in [4.78, 5) is 20.7. The summed E-state index contributed by atoms with van der Waals surface area (Å²) in [5.74, 6) is -2.18. The number of aromatic nitrogens is 1. The topological polar surface area (TPSA) is 36.4 Å². The Morgan fingerprint density at radius 2 is 1.92 bits per heavy atom. The lowest BCUT2D eigenvalue weighted by molar-refractivity contribution is 0.0981. The van der Waals surface area contributed by atoms with Gasteiger partial charge < -0.3 is 4.90 Å². The molecule has 3 rings (SSSR count). The fraction of sp³-hybridized carbons (Fsp3) is 0.222. The van der Waals surface area contributed by atoms with E-state index in [1.54, 1.807) is 18.2 Å². The van der Waals surface area contributed by atoms with Crippen molar-refractivity contribution < 1.29 is 13.6 Å². The van der Waals surface area contributed by atoms with Gasteiger partial charge >= 0.3 is 0 Å². The van der Waals surface area contributed by atoms with E-state index in [0.29, 0.717) is 34.8 Å². The second-order valence-electron chi connectivity index (χ2n) is 5.99. The van der Waals surface area contributed by atoms with Crippen molar-refractivity contribution >= 4 is 44.2 Å². The molecule has 3 aromatic rings. The third-order valence-electron chi connectivity index (χ3n) is 3.75. The fourth-order valence-electron chi connectivity index (χ4n) is 2.39. The molecule has 8 heteroatoms. The van der Waals surface area contributed by atoms with E-state index in [-0.39, 0.29) is 5.56 Å². The summed E-state index contributed by atoms with van der Waals surface area (Å²) in [6.07, 6.45) is 0. The number of thiazole rings is 1. The first kappa shape index (κ1) is 18.7. The van der Waals surface area contributed by atoms with E-state index in [1.807, 2.05) is 19.0 Å². The van der Waals surface area contributed by atoms with Crippen LogP contribution in [0.25, 0.3) is 10.2 Å². The first-order valence-corrected chi connectivity index (χ1v) is 9.02. The molecule has 1 amide bonds. The first-order valence-electron chi connectivity index (χ1n) is 7.83. The highest BCUT2D eigenvalue weighted by atomic mass is 35.5. The summed E-state index contributed by atoms with van der Waals surface area (Å²) in [6.45, 7) is 0.876. The second-order valence-corrected chi connectivity index (χ2v) is 7.44. The lowest BCUT2D eigenvalue weighted by Crippen LogP contribution is -2.37. The van der Waals surface area contributed by atoms with E-state index in [4.69, 9.17) is 11.6 Å². The molecule has 0 bridgehead atoms.